The van der Waals surface area contributed by atoms with Gasteiger partial charge in [0.15, 0.2) is 0 Å². The van der Waals surface area contributed by atoms with Crippen LogP contribution in [0.1, 0.15) is 34.1 Å². The van der Waals surface area contributed by atoms with E-state index in [0.717, 1.165) is 12.3 Å². The average Bonchev–Trinajstić information content (AvgIpc) is 1.85. The highest BCUT2D eigenvalue weighted by atomic mass is 14.0. The zero-order chi connectivity index (χ0) is 8.15. The molecule has 58 valence electrons. The van der Waals surface area contributed by atoms with Crippen molar-refractivity contribution in [3.8, 4) is 0 Å². The van der Waals surface area contributed by atoms with Gasteiger partial charge in [0.05, 0.1) is 0 Å². The predicted molar refractivity (Wildman–Crippen MR) is 48.0 cm³/mol. The smallest absolute Gasteiger partial charge is 0.0259 e. The molecule has 0 spiro atoms. The van der Waals surface area contributed by atoms with E-state index in [0.29, 0.717) is 0 Å². The molecule has 0 aromatic rings. The van der Waals surface area contributed by atoms with Gasteiger partial charge in [-0.1, -0.05) is 37.6 Å². The lowest BCUT2D eigenvalue weighted by atomic mass is 9.99. The SMILES string of the molecule is C=C(CC(C)C)/C(C)=C/C. The van der Waals surface area contributed by atoms with Crippen LogP contribution in [0.2, 0.25) is 0 Å². The van der Waals surface area contributed by atoms with Gasteiger partial charge in [0, 0.05) is 0 Å². The molecular formula is C10H18. The first kappa shape index (κ1) is 9.48. The van der Waals surface area contributed by atoms with Gasteiger partial charge in [-0.3, -0.25) is 0 Å². The molecule has 0 aromatic carbocycles. The van der Waals surface area contributed by atoms with Gasteiger partial charge >= 0.3 is 0 Å². The molecule has 0 saturated carbocycles. The Morgan fingerprint density at radius 2 is 2.00 bits per heavy atom. The summed E-state index contributed by atoms with van der Waals surface area (Å²) in [4.78, 5) is 0. The van der Waals surface area contributed by atoms with Crippen molar-refractivity contribution in [2.24, 2.45) is 5.92 Å². The standard InChI is InChI=1S/C10H18/c1-6-9(4)10(5)7-8(2)3/h6,8H,5,7H2,1-4H3/b9-6+. The Kier molecular flexibility index (Phi) is 4.10. The molecule has 0 N–H and O–H groups in total. The van der Waals surface area contributed by atoms with E-state index < -0.39 is 0 Å². The van der Waals surface area contributed by atoms with Gasteiger partial charge in [0.25, 0.3) is 0 Å². The Morgan fingerprint density at radius 3 is 2.30 bits per heavy atom. The first-order valence-corrected chi connectivity index (χ1v) is 3.89. The molecule has 0 aliphatic rings. The molecule has 0 bridgehead atoms. The number of allylic oxidation sites excluding steroid dienone is 3. The third-order valence-electron chi connectivity index (χ3n) is 1.65. The van der Waals surface area contributed by atoms with Crippen molar-refractivity contribution < 1.29 is 0 Å². The predicted octanol–water partition coefficient (Wildman–Crippen LogP) is 3.55. The second kappa shape index (κ2) is 4.32. The summed E-state index contributed by atoms with van der Waals surface area (Å²) in [6.07, 6.45) is 3.24. The van der Waals surface area contributed by atoms with E-state index in [1.54, 1.807) is 0 Å². The van der Waals surface area contributed by atoms with Crippen LogP contribution in [0.3, 0.4) is 0 Å². The van der Waals surface area contributed by atoms with Crippen LogP contribution in [-0.4, -0.2) is 0 Å². The Bertz CT molecular complexity index is 138. The molecule has 0 nitrogen and oxygen atoms in total. The lowest BCUT2D eigenvalue weighted by Crippen LogP contribution is -1.91. The van der Waals surface area contributed by atoms with Gasteiger partial charge in [-0.2, -0.15) is 0 Å². The molecule has 0 aliphatic carbocycles. The highest BCUT2D eigenvalue weighted by Gasteiger charge is 1.98. The second-order valence-corrected chi connectivity index (χ2v) is 3.17. The summed E-state index contributed by atoms with van der Waals surface area (Å²) >= 11 is 0. The van der Waals surface area contributed by atoms with E-state index in [4.69, 9.17) is 0 Å². The van der Waals surface area contributed by atoms with Crippen LogP contribution in [-0.2, 0) is 0 Å². The maximum absolute atomic E-state index is 4.00. The fourth-order valence-corrected chi connectivity index (χ4v) is 0.858. The van der Waals surface area contributed by atoms with Gasteiger partial charge in [-0.25, -0.2) is 0 Å². The summed E-state index contributed by atoms with van der Waals surface area (Å²) in [5.74, 6) is 0.724. The van der Waals surface area contributed by atoms with Gasteiger partial charge in [-0.05, 0) is 26.2 Å². The molecule has 0 aromatic heterocycles. The minimum absolute atomic E-state index is 0.724. The van der Waals surface area contributed by atoms with Crippen LogP contribution >= 0.6 is 0 Å². The molecule has 0 aliphatic heterocycles. The quantitative estimate of drug-likeness (QED) is 0.523. The Balaban J connectivity index is 3.86. The monoisotopic (exact) mass is 138 g/mol. The maximum atomic E-state index is 4.00. The van der Waals surface area contributed by atoms with E-state index >= 15 is 0 Å². The summed E-state index contributed by atoms with van der Waals surface area (Å²) in [5, 5.41) is 0. The van der Waals surface area contributed by atoms with Crippen molar-refractivity contribution in [2.75, 3.05) is 0 Å². The van der Waals surface area contributed by atoms with Gasteiger partial charge in [-0.15, -0.1) is 0 Å². The summed E-state index contributed by atoms with van der Waals surface area (Å²) in [7, 11) is 0. The largest absolute Gasteiger partial charge is 0.0956 e. The summed E-state index contributed by atoms with van der Waals surface area (Å²) in [6.45, 7) is 12.6. The third kappa shape index (κ3) is 3.49. The molecular weight excluding hydrogens is 120 g/mol. The summed E-state index contributed by atoms with van der Waals surface area (Å²) in [5.41, 5.74) is 2.60. The highest BCUT2D eigenvalue weighted by molar-refractivity contribution is 5.25. The first-order valence-electron chi connectivity index (χ1n) is 3.89. The highest BCUT2D eigenvalue weighted by Crippen LogP contribution is 2.15. The number of hydrogen-bond donors (Lipinski definition) is 0. The fourth-order valence-electron chi connectivity index (χ4n) is 0.858. The van der Waals surface area contributed by atoms with E-state index in [1.807, 2.05) is 0 Å². The molecule has 0 atom stereocenters. The topological polar surface area (TPSA) is 0 Å². The van der Waals surface area contributed by atoms with Crippen LogP contribution in [0.4, 0.5) is 0 Å². The molecule has 0 unspecified atom stereocenters. The molecule has 0 rings (SSSR count). The molecule has 0 fully saturated rings. The van der Waals surface area contributed by atoms with Crippen molar-refractivity contribution in [3.05, 3.63) is 23.8 Å². The Labute approximate surface area is 64.6 Å². The second-order valence-electron chi connectivity index (χ2n) is 3.17. The zero-order valence-electron chi connectivity index (χ0n) is 7.57. The van der Waals surface area contributed by atoms with Gasteiger partial charge in [0.2, 0.25) is 0 Å². The van der Waals surface area contributed by atoms with E-state index in [-0.39, 0.29) is 0 Å². The van der Waals surface area contributed by atoms with Crippen molar-refractivity contribution >= 4 is 0 Å². The molecule has 0 heteroatoms. The summed E-state index contributed by atoms with van der Waals surface area (Å²) in [6, 6.07) is 0. The number of rotatable bonds is 3. The first-order chi connectivity index (χ1) is 4.57. The van der Waals surface area contributed by atoms with Crippen molar-refractivity contribution in [1.82, 2.24) is 0 Å². The van der Waals surface area contributed by atoms with Crippen LogP contribution in [0, 0.1) is 5.92 Å². The lowest BCUT2D eigenvalue weighted by Gasteiger charge is -2.07. The Hall–Kier alpha value is -0.520. The van der Waals surface area contributed by atoms with Crippen LogP contribution in [0.15, 0.2) is 23.8 Å². The fraction of sp³-hybridized carbons (Fsp3) is 0.600. The summed E-state index contributed by atoms with van der Waals surface area (Å²) < 4.78 is 0. The lowest BCUT2D eigenvalue weighted by molar-refractivity contribution is 0.647. The normalized spacial score (nSPS) is 12.3. The zero-order valence-corrected chi connectivity index (χ0v) is 7.57. The van der Waals surface area contributed by atoms with Crippen LogP contribution in [0.25, 0.3) is 0 Å². The van der Waals surface area contributed by atoms with Crippen LogP contribution < -0.4 is 0 Å². The average molecular weight is 138 g/mol. The van der Waals surface area contributed by atoms with E-state index in [2.05, 4.69) is 40.3 Å². The van der Waals surface area contributed by atoms with E-state index in [9.17, 15) is 0 Å². The molecule has 0 saturated heterocycles. The minimum atomic E-state index is 0.724. The van der Waals surface area contributed by atoms with Crippen molar-refractivity contribution in [2.45, 2.75) is 34.1 Å². The third-order valence-corrected chi connectivity index (χ3v) is 1.65. The molecule has 0 radical (unpaired) electrons. The minimum Gasteiger partial charge on any atom is -0.0956 e. The van der Waals surface area contributed by atoms with Crippen molar-refractivity contribution in [1.29, 1.82) is 0 Å². The molecule has 0 heterocycles. The van der Waals surface area contributed by atoms with Gasteiger partial charge in [0.1, 0.15) is 0 Å². The van der Waals surface area contributed by atoms with Crippen molar-refractivity contribution in [3.63, 3.8) is 0 Å². The van der Waals surface area contributed by atoms with Crippen LogP contribution in [0.5, 0.6) is 0 Å². The van der Waals surface area contributed by atoms with Gasteiger partial charge < -0.3 is 0 Å². The number of hydrogen-bond acceptors (Lipinski definition) is 0. The Morgan fingerprint density at radius 1 is 1.50 bits per heavy atom. The van der Waals surface area contributed by atoms with E-state index in [1.165, 1.54) is 11.1 Å². The maximum Gasteiger partial charge on any atom is -0.0259 e. The molecule has 10 heavy (non-hydrogen) atoms. The molecule has 0 amide bonds.